The largest absolute Gasteiger partial charge is 0.373 e. The van der Waals surface area contributed by atoms with Crippen LogP contribution in [-0.4, -0.2) is 29.5 Å². The Morgan fingerprint density at radius 1 is 1.35 bits per heavy atom. The number of fused-ring (bicyclic) bond motifs is 1. The van der Waals surface area contributed by atoms with Gasteiger partial charge in [-0.25, -0.2) is 4.79 Å². The highest BCUT2D eigenvalue weighted by Crippen LogP contribution is 2.32. The average Bonchev–Trinajstić information content (AvgIpc) is 2.55. The third kappa shape index (κ3) is 3.02. The Hall–Kier alpha value is -2.87. The summed E-state index contributed by atoms with van der Waals surface area (Å²) in [6.45, 7) is 1.06. The highest BCUT2D eigenvalue weighted by atomic mass is 16.2. The van der Waals surface area contributed by atoms with Crippen LogP contribution in [0, 0.1) is 0 Å². The topological polar surface area (TPSA) is 116 Å². The van der Waals surface area contributed by atoms with E-state index in [4.69, 9.17) is 5.73 Å². The molecule has 0 bridgehead atoms. The fourth-order valence-electron chi connectivity index (χ4n) is 2.63. The number of rotatable bonds is 4. The Balaban J connectivity index is 1.99. The van der Waals surface area contributed by atoms with Crippen molar-refractivity contribution in [1.82, 2.24) is 9.97 Å². The minimum absolute atomic E-state index is 0.138. The first-order valence-electron chi connectivity index (χ1n) is 7.25. The van der Waals surface area contributed by atoms with Crippen LogP contribution in [0.15, 0.2) is 29.1 Å². The van der Waals surface area contributed by atoms with Crippen LogP contribution in [0.4, 0.5) is 17.3 Å². The van der Waals surface area contributed by atoms with E-state index in [0.29, 0.717) is 30.4 Å². The van der Waals surface area contributed by atoms with Crippen molar-refractivity contribution in [2.45, 2.75) is 13.1 Å². The van der Waals surface area contributed by atoms with Gasteiger partial charge < -0.3 is 21.3 Å². The fourth-order valence-corrected chi connectivity index (χ4v) is 2.63. The van der Waals surface area contributed by atoms with Crippen molar-refractivity contribution in [2.75, 3.05) is 29.1 Å². The van der Waals surface area contributed by atoms with Gasteiger partial charge in [-0.3, -0.25) is 9.78 Å². The van der Waals surface area contributed by atoms with Gasteiger partial charge in [0.1, 0.15) is 11.5 Å². The first kappa shape index (κ1) is 15.0. The molecule has 2 aromatic rings. The molecule has 0 radical (unpaired) electrons. The molecule has 0 spiro atoms. The molecule has 0 saturated heterocycles. The van der Waals surface area contributed by atoms with E-state index in [1.54, 1.807) is 11.9 Å². The quantitative estimate of drug-likeness (QED) is 0.642. The lowest BCUT2D eigenvalue weighted by molar-refractivity contribution is -0.115. The van der Waals surface area contributed by atoms with Gasteiger partial charge in [0.2, 0.25) is 5.91 Å². The number of hydrogen-bond acceptors (Lipinski definition) is 6. The standard InChI is InChI=1S/C15H18N6O2/c1-17-13-12-14(20-15(23)19-13)21(8-11(22)18-12)7-10-4-2-3-9(5-10)6-16/h2-5H,6-8,16H2,1H3,(H,18,22)(H2,17,19,20,23). The predicted octanol–water partition coefficient (Wildman–Crippen LogP) is 0.229. The molecule has 1 amide bonds. The number of nitrogens with zero attached hydrogens (tertiary/aromatic N) is 2. The number of nitrogens with two attached hydrogens (primary N) is 1. The number of H-pyrrole nitrogens is 1. The van der Waals surface area contributed by atoms with E-state index in [1.807, 2.05) is 24.3 Å². The van der Waals surface area contributed by atoms with Crippen LogP contribution in [0.5, 0.6) is 0 Å². The van der Waals surface area contributed by atoms with Gasteiger partial charge in [0.25, 0.3) is 0 Å². The van der Waals surface area contributed by atoms with Gasteiger partial charge in [0.05, 0.1) is 6.54 Å². The molecule has 23 heavy (non-hydrogen) atoms. The number of hydrogen-bond donors (Lipinski definition) is 4. The molecular formula is C15H18N6O2. The number of aromatic nitrogens is 2. The van der Waals surface area contributed by atoms with E-state index in [0.717, 1.165) is 11.1 Å². The Bertz CT molecular complexity index is 801. The molecule has 0 aliphatic carbocycles. The van der Waals surface area contributed by atoms with Crippen molar-refractivity contribution in [3.8, 4) is 0 Å². The van der Waals surface area contributed by atoms with Crippen LogP contribution in [0.1, 0.15) is 11.1 Å². The summed E-state index contributed by atoms with van der Waals surface area (Å²) in [5.41, 5.74) is 7.70. The molecule has 1 aromatic carbocycles. The van der Waals surface area contributed by atoms with E-state index >= 15 is 0 Å². The molecule has 1 aromatic heterocycles. The number of nitrogens with one attached hydrogen (secondary N) is 3. The maximum Gasteiger partial charge on any atom is 0.348 e. The van der Waals surface area contributed by atoms with E-state index in [1.165, 1.54) is 0 Å². The number of benzene rings is 1. The van der Waals surface area contributed by atoms with Crippen LogP contribution in [0.2, 0.25) is 0 Å². The van der Waals surface area contributed by atoms with E-state index in [-0.39, 0.29) is 12.5 Å². The molecule has 120 valence electrons. The minimum Gasteiger partial charge on any atom is -0.373 e. The van der Waals surface area contributed by atoms with E-state index in [9.17, 15) is 9.59 Å². The summed E-state index contributed by atoms with van der Waals surface area (Å²) >= 11 is 0. The fraction of sp³-hybridized carbons (Fsp3) is 0.267. The average molecular weight is 314 g/mol. The molecule has 2 heterocycles. The van der Waals surface area contributed by atoms with Crippen molar-refractivity contribution in [3.63, 3.8) is 0 Å². The lowest BCUT2D eigenvalue weighted by atomic mass is 10.1. The molecule has 0 saturated carbocycles. The van der Waals surface area contributed by atoms with Crippen LogP contribution in [0.25, 0.3) is 0 Å². The zero-order valence-corrected chi connectivity index (χ0v) is 12.7. The normalized spacial score (nSPS) is 13.5. The summed E-state index contributed by atoms with van der Waals surface area (Å²) in [6, 6.07) is 7.81. The number of amides is 1. The lowest BCUT2D eigenvalue weighted by Gasteiger charge is -2.30. The van der Waals surface area contributed by atoms with Crippen molar-refractivity contribution in [1.29, 1.82) is 0 Å². The third-order valence-corrected chi connectivity index (χ3v) is 3.66. The molecule has 5 N–H and O–H groups in total. The van der Waals surface area contributed by atoms with E-state index in [2.05, 4.69) is 20.6 Å². The number of carbonyl (C=O) groups excluding carboxylic acids is 1. The molecular weight excluding hydrogens is 296 g/mol. The first-order valence-corrected chi connectivity index (χ1v) is 7.25. The summed E-state index contributed by atoms with van der Waals surface area (Å²) in [5.74, 6) is 0.738. The highest BCUT2D eigenvalue weighted by molar-refractivity contribution is 6.03. The lowest BCUT2D eigenvalue weighted by Crippen LogP contribution is -2.40. The molecule has 3 rings (SSSR count). The van der Waals surface area contributed by atoms with Gasteiger partial charge in [-0.05, 0) is 11.1 Å². The first-order chi connectivity index (χ1) is 11.1. The molecule has 8 heteroatoms. The van der Waals surface area contributed by atoms with Crippen molar-refractivity contribution < 1.29 is 4.79 Å². The zero-order chi connectivity index (χ0) is 16.4. The second-order valence-corrected chi connectivity index (χ2v) is 5.29. The summed E-state index contributed by atoms with van der Waals surface area (Å²) in [7, 11) is 1.67. The van der Waals surface area contributed by atoms with Crippen molar-refractivity contribution in [2.24, 2.45) is 5.73 Å². The van der Waals surface area contributed by atoms with Gasteiger partial charge >= 0.3 is 5.69 Å². The molecule has 1 aliphatic rings. The second kappa shape index (κ2) is 6.09. The van der Waals surface area contributed by atoms with Crippen LogP contribution in [0.3, 0.4) is 0 Å². The number of carbonyl (C=O) groups is 1. The minimum atomic E-state index is -0.468. The second-order valence-electron chi connectivity index (χ2n) is 5.29. The summed E-state index contributed by atoms with van der Waals surface area (Å²) in [5, 5.41) is 5.61. The molecule has 0 fully saturated rings. The summed E-state index contributed by atoms with van der Waals surface area (Å²) < 4.78 is 0. The molecule has 0 atom stereocenters. The third-order valence-electron chi connectivity index (χ3n) is 3.66. The Kier molecular flexibility index (Phi) is 3.98. The van der Waals surface area contributed by atoms with Crippen LogP contribution >= 0.6 is 0 Å². The molecule has 1 aliphatic heterocycles. The predicted molar refractivity (Wildman–Crippen MR) is 88.4 cm³/mol. The zero-order valence-electron chi connectivity index (χ0n) is 12.7. The van der Waals surface area contributed by atoms with Gasteiger partial charge in [-0.1, -0.05) is 24.3 Å². The Labute approximate surface area is 132 Å². The number of anilines is 3. The van der Waals surface area contributed by atoms with E-state index < -0.39 is 5.69 Å². The monoisotopic (exact) mass is 314 g/mol. The molecule has 8 nitrogen and oxygen atoms in total. The SMILES string of the molecule is CNc1[nH]c(=O)nc2c1NC(=O)CN2Cc1cccc(CN)c1. The Morgan fingerprint density at radius 3 is 2.87 bits per heavy atom. The van der Waals surface area contributed by atoms with Crippen LogP contribution in [-0.2, 0) is 17.9 Å². The molecule has 0 unspecified atom stereocenters. The van der Waals surface area contributed by atoms with Crippen molar-refractivity contribution in [3.05, 3.63) is 45.9 Å². The van der Waals surface area contributed by atoms with Crippen LogP contribution < -0.4 is 27.0 Å². The maximum atomic E-state index is 12.0. The van der Waals surface area contributed by atoms with Crippen molar-refractivity contribution >= 4 is 23.2 Å². The van der Waals surface area contributed by atoms with Gasteiger partial charge in [0.15, 0.2) is 5.82 Å². The Morgan fingerprint density at radius 2 is 2.13 bits per heavy atom. The van der Waals surface area contributed by atoms with Gasteiger partial charge in [-0.2, -0.15) is 4.98 Å². The summed E-state index contributed by atoms with van der Waals surface area (Å²) in [6.07, 6.45) is 0. The smallest absolute Gasteiger partial charge is 0.348 e. The maximum absolute atomic E-state index is 12.0. The summed E-state index contributed by atoms with van der Waals surface area (Å²) in [4.78, 5) is 32.1. The number of aromatic amines is 1. The van der Waals surface area contributed by atoms with Gasteiger partial charge in [0, 0.05) is 20.1 Å². The highest BCUT2D eigenvalue weighted by Gasteiger charge is 2.26. The van der Waals surface area contributed by atoms with Gasteiger partial charge in [-0.15, -0.1) is 0 Å².